The van der Waals surface area contributed by atoms with Crippen molar-refractivity contribution in [2.75, 3.05) is 0 Å². The number of benzene rings is 1. The highest BCUT2D eigenvalue weighted by molar-refractivity contribution is 5.79. The Morgan fingerprint density at radius 1 is 1.13 bits per heavy atom. The second-order valence-corrected chi connectivity index (χ2v) is 7.92. The molecule has 1 amide bonds. The van der Waals surface area contributed by atoms with E-state index in [4.69, 9.17) is 4.74 Å². The van der Waals surface area contributed by atoms with Crippen LogP contribution in [0.3, 0.4) is 0 Å². The lowest BCUT2D eigenvalue weighted by molar-refractivity contribution is -0.122. The molecule has 1 N–H and O–H groups in total. The summed E-state index contributed by atoms with van der Waals surface area (Å²) < 4.78 is 7.81. The van der Waals surface area contributed by atoms with Gasteiger partial charge in [0.2, 0.25) is 5.91 Å². The highest BCUT2D eigenvalue weighted by Gasteiger charge is 2.23. The van der Waals surface area contributed by atoms with Crippen molar-refractivity contribution in [3.8, 4) is 5.75 Å². The van der Waals surface area contributed by atoms with Crippen molar-refractivity contribution in [3.05, 3.63) is 70.8 Å². The van der Waals surface area contributed by atoms with E-state index >= 15 is 0 Å². The summed E-state index contributed by atoms with van der Waals surface area (Å²) in [4.78, 5) is 28.6. The molecule has 0 atom stereocenters. The Bertz CT molecular complexity index is 1080. The first kappa shape index (κ1) is 20.1. The zero-order chi connectivity index (χ0) is 20.9. The van der Waals surface area contributed by atoms with Crippen LogP contribution >= 0.6 is 0 Å². The smallest absolute Gasteiger partial charge is 0.250 e. The molecule has 3 aromatic rings. The average Bonchev–Trinajstić information content (AvgIpc) is 2.75. The minimum Gasteiger partial charge on any atom is -0.490 e. The molecule has 6 heteroatoms. The van der Waals surface area contributed by atoms with Gasteiger partial charge in [0.15, 0.2) is 0 Å². The molecule has 0 bridgehead atoms. The largest absolute Gasteiger partial charge is 0.490 e. The number of aryl methyl sites for hydroxylation is 1. The number of ether oxygens (including phenoxy) is 1. The Morgan fingerprint density at radius 2 is 1.97 bits per heavy atom. The van der Waals surface area contributed by atoms with Gasteiger partial charge in [-0.25, -0.2) is 0 Å². The second kappa shape index (κ2) is 9.11. The first-order valence-corrected chi connectivity index (χ1v) is 10.6. The topological polar surface area (TPSA) is 73.2 Å². The summed E-state index contributed by atoms with van der Waals surface area (Å²) >= 11 is 0. The molecule has 4 rings (SSSR count). The van der Waals surface area contributed by atoms with Gasteiger partial charge in [-0.15, -0.1) is 0 Å². The van der Waals surface area contributed by atoms with Crippen LogP contribution < -0.4 is 15.6 Å². The molecule has 6 nitrogen and oxygen atoms in total. The third-order valence-electron chi connectivity index (χ3n) is 5.75. The SMILES string of the molecule is Cc1cccc(=O)n1CCC(=O)NC1CCC(Oc2ccc3ncccc3c2)CC1. The van der Waals surface area contributed by atoms with Crippen LogP contribution in [0.5, 0.6) is 5.75 Å². The molecule has 0 aliphatic heterocycles. The Labute approximate surface area is 175 Å². The molecule has 156 valence electrons. The van der Waals surface area contributed by atoms with Gasteiger partial charge in [0.05, 0.1) is 11.6 Å². The maximum absolute atomic E-state index is 12.3. The fourth-order valence-electron chi connectivity index (χ4n) is 4.07. The monoisotopic (exact) mass is 405 g/mol. The van der Waals surface area contributed by atoms with Crippen LogP contribution in [-0.4, -0.2) is 27.6 Å². The van der Waals surface area contributed by atoms with Crippen LogP contribution in [-0.2, 0) is 11.3 Å². The standard InChI is InChI=1S/C24H27N3O3/c1-17-4-2-6-24(29)27(17)15-13-23(28)26-19-7-9-20(10-8-19)30-21-11-12-22-18(16-21)5-3-14-25-22/h2-6,11-12,14,16,19-20H,7-10,13,15H2,1H3,(H,26,28). The molecule has 0 saturated heterocycles. The maximum atomic E-state index is 12.3. The molecule has 0 radical (unpaired) electrons. The summed E-state index contributed by atoms with van der Waals surface area (Å²) in [5.41, 5.74) is 1.77. The van der Waals surface area contributed by atoms with Gasteiger partial charge in [-0.2, -0.15) is 0 Å². The van der Waals surface area contributed by atoms with E-state index in [9.17, 15) is 9.59 Å². The Kier molecular flexibility index (Phi) is 6.12. The number of hydrogen-bond donors (Lipinski definition) is 1. The van der Waals surface area contributed by atoms with E-state index in [-0.39, 0.29) is 23.6 Å². The summed E-state index contributed by atoms with van der Waals surface area (Å²) in [6.07, 6.45) is 5.88. The number of rotatable bonds is 6. The number of pyridine rings is 2. The van der Waals surface area contributed by atoms with E-state index in [1.165, 1.54) is 6.07 Å². The zero-order valence-corrected chi connectivity index (χ0v) is 17.2. The van der Waals surface area contributed by atoms with Crippen molar-refractivity contribution in [2.24, 2.45) is 0 Å². The normalized spacial score (nSPS) is 18.8. The number of amides is 1. The van der Waals surface area contributed by atoms with Gasteiger partial charge in [0.25, 0.3) is 5.56 Å². The van der Waals surface area contributed by atoms with Crippen LogP contribution in [0.2, 0.25) is 0 Å². The van der Waals surface area contributed by atoms with Gasteiger partial charge in [-0.1, -0.05) is 12.1 Å². The predicted octanol–water partition coefficient (Wildman–Crippen LogP) is 3.60. The number of nitrogens with zero attached hydrogens (tertiary/aromatic N) is 2. The molecule has 30 heavy (non-hydrogen) atoms. The van der Waals surface area contributed by atoms with Crippen molar-refractivity contribution >= 4 is 16.8 Å². The van der Waals surface area contributed by atoms with Gasteiger partial charge in [-0.3, -0.25) is 14.6 Å². The fraction of sp³-hybridized carbons (Fsp3) is 0.375. The molecule has 2 aromatic heterocycles. The van der Waals surface area contributed by atoms with Gasteiger partial charge < -0.3 is 14.6 Å². The molecule has 1 aromatic carbocycles. The Balaban J connectivity index is 1.24. The van der Waals surface area contributed by atoms with Gasteiger partial charge in [0.1, 0.15) is 5.75 Å². The highest BCUT2D eigenvalue weighted by Crippen LogP contribution is 2.26. The number of carbonyl (C=O) groups excluding carboxylic acids is 1. The van der Waals surface area contributed by atoms with Gasteiger partial charge in [0, 0.05) is 42.4 Å². The summed E-state index contributed by atoms with van der Waals surface area (Å²) in [6, 6.07) is 15.3. The molecular formula is C24H27N3O3. The number of aromatic nitrogens is 2. The van der Waals surface area contributed by atoms with Crippen LogP contribution in [0.4, 0.5) is 0 Å². The van der Waals surface area contributed by atoms with E-state index in [0.717, 1.165) is 48.0 Å². The molecule has 0 unspecified atom stereocenters. The van der Waals surface area contributed by atoms with Crippen LogP contribution in [0.1, 0.15) is 37.8 Å². The Hall–Kier alpha value is -3.15. The maximum Gasteiger partial charge on any atom is 0.250 e. The van der Waals surface area contributed by atoms with Crippen molar-refractivity contribution in [1.82, 2.24) is 14.9 Å². The quantitative estimate of drug-likeness (QED) is 0.680. The van der Waals surface area contributed by atoms with Gasteiger partial charge in [-0.05, 0) is 62.9 Å². The van der Waals surface area contributed by atoms with Crippen molar-refractivity contribution in [3.63, 3.8) is 0 Å². The van der Waals surface area contributed by atoms with Crippen LogP contribution in [0.25, 0.3) is 10.9 Å². The first-order valence-electron chi connectivity index (χ1n) is 10.6. The Morgan fingerprint density at radius 3 is 2.77 bits per heavy atom. The summed E-state index contributed by atoms with van der Waals surface area (Å²) in [5.74, 6) is 0.864. The van der Waals surface area contributed by atoms with E-state index in [0.29, 0.717) is 13.0 Å². The minimum atomic E-state index is -0.0649. The van der Waals surface area contributed by atoms with E-state index in [1.807, 2.05) is 43.3 Å². The van der Waals surface area contributed by atoms with Crippen molar-refractivity contribution < 1.29 is 9.53 Å². The first-order chi connectivity index (χ1) is 14.6. The number of fused-ring (bicyclic) bond motifs is 1. The highest BCUT2D eigenvalue weighted by atomic mass is 16.5. The molecule has 0 spiro atoms. The lowest BCUT2D eigenvalue weighted by atomic mass is 9.92. The summed E-state index contributed by atoms with van der Waals surface area (Å²) in [7, 11) is 0. The van der Waals surface area contributed by atoms with Crippen LogP contribution in [0, 0.1) is 6.92 Å². The van der Waals surface area contributed by atoms with E-state index in [2.05, 4.69) is 10.3 Å². The fourth-order valence-corrected chi connectivity index (χ4v) is 4.07. The van der Waals surface area contributed by atoms with E-state index < -0.39 is 0 Å². The molecule has 1 fully saturated rings. The third kappa shape index (κ3) is 4.87. The lowest BCUT2D eigenvalue weighted by Gasteiger charge is -2.29. The number of nitrogens with one attached hydrogen (secondary N) is 1. The molecule has 1 aliphatic carbocycles. The minimum absolute atomic E-state index is 0.00319. The lowest BCUT2D eigenvalue weighted by Crippen LogP contribution is -2.40. The summed E-state index contributed by atoms with van der Waals surface area (Å²) in [5, 5.41) is 4.19. The van der Waals surface area contributed by atoms with Crippen LogP contribution in [0.15, 0.2) is 59.5 Å². The average molecular weight is 405 g/mol. The van der Waals surface area contributed by atoms with Crippen molar-refractivity contribution in [1.29, 1.82) is 0 Å². The number of carbonyl (C=O) groups is 1. The second-order valence-electron chi connectivity index (χ2n) is 7.92. The number of hydrogen-bond acceptors (Lipinski definition) is 4. The molecule has 1 aliphatic rings. The van der Waals surface area contributed by atoms with Crippen molar-refractivity contribution in [2.45, 2.75) is 57.7 Å². The molecular weight excluding hydrogens is 378 g/mol. The summed E-state index contributed by atoms with van der Waals surface area (Å²) in [6.45, 7) is 2.29. The third-order valence-corrected chi connectivity index (χ3v) is 5.75. The van der Waals surface area contributed by atoms with E-state index in [1.54, 1.807) is 16.8 Å². The zero-order valence-electron chi connectivity index (χ0n) is 17.2. The molecule has 1 saturated carbocycles. The molecule has 2 heterocycles. The predicted molar refractivity (Wildman–Crippen MR) is 117 cm³/mol. The van der Waals surface area contributed by atoms with Gasteiger partial charge >= 0.3 is 0 Å².